The zero-order valence-electron chi connectivity index (χ0n) is 9.66. The van der Waals surface area contributed by atoms with Crippen LogP contribution in [-0.2, 0) is 0 Å². The van der Waals surface area contributed by atoms with Gasteiger partial charge in [-0.2, -0.15) is 0 Å². The molecule has 0 saturated heterocycles. The summed E-state index contributed by atoms with van der Waals surface area (Å²) in [7, 11) is 3.98. The second-order valence-electron chi connectivity index (χ2n) is 3.41. The van der Waals surface area contributed by atoms with Gasteiger partial charge in [-0.1, -0.05) is 0 Å². The first kappa shape index (κ1) is 13.8. The van der Waals surface area contributed by atoms with Gasteiger partial charge in [0, 0.05) is 13.1 Å². The van der Waals surface area contributed by atoms with Gasteiger partial charge in [0.05, 0.1) is 0 Å². The van der Waals surface area contributed by atoms with Crippen molar-refractivity contribution in [1.29, 1.82) is 0 Å². The highest BCUT2D eigenvalue weighted by molar-refractivity contribution is 4.54. The van der Waals surface area contributed by atoms with Gasteiger partial charge in [0.2, 0.25) is 0 Å². The van der Waals surface area contributed by atoms with Gasteiger partial charge in [0.15, 0.2) is 0 Å². The van der Waals surface area contributed by atoms with Gasteiger partial charge in [0.25, 0.3) is 0 Å². The predicted octanol–water partition coefficient (Wildman–Crippen LogP) is -0.615. The van der Waals surface area contributed by atoms with Gasteiger partial charge < -0.3 is 21.3 Å². The van der Waals surface area contributed by atoms with Crippen molar-refractivity contribution in [3.05, 3.63) is 0 Å². The molecule has 0 aliphatic rings. The van der Waals surface area contributed by atoms with Crippen molar-refractivity contribution in [3.8, 4) is 0 Å². The van der Waals surface area contributed by atoms with Crippen LogP contribution in [0, 0.1) is 0 Å². The van der Waals surface area contributed by atoms with Gasteiger partial charge in [-0.05, 0) is 53.1 Å². The predicted molar refractivity (Wildman–Crippen MR) is 62.8 cm³/mol. The summed E-state index contributed by atoms with van der Waals surface area (Å²) in [6.45, 7) is 6.57. The molecule has 0 radical (unpaired) electrons. The lowest BCUT2D eigenvalue weighted by Crippen LogP contribution is -2.30. The Kier molecular flexibility index (Phi) is 12.7. The zero-order valence-corrected chi connectivity index (χ0v) is 9.66. The maximum absolute atomic E-state index is 3.39. The number of nitrogens with one attached hydrogen (secondary N) is 4. The molecule has 0 saturated carbocycles. The van der Waals surface area contributed by atoms with Gasteiger partial charge in [-0.15, -0.1) is 0 Å². The van der Waals surface area contributed by atoms with Gasteiger partial charge in [-0.25, -0.2) is 0 Å². The van der Waals surface area contributed by atoms with E-state index < -0.39 is 0 Å². The molecule has 4 N–H and O–H groups in total. The maximum Gasteiger partial charge on any atom is 0.00767 e. The van der Waals surface area contributed by atoms with Crippen molar-refractivity contribution >= 4 is 0 Å². The summed E-state index contributed by atoms with van der Waals surface area (Å²) in [6.07, 6.45) is 2.41. The van der Waals surface area contributed by atoms with Crippen LogP contribution in [0.25, 0.3) is 0 Å². The van der Waals surface area contributed by atoms with Crippen LogP contribution in [0.5, 0.6) is 0 Å². The molecule has 4 nitrogen and oxygen atoms in total. The average molecular weight is 202 g/mol. The van der Waals surface area contributed by atoms with Crippen LogP contribution in [0.3, 0.4) is 0 Å². The minimum Gasteiger partial charge on any atom is -0.320 e. The molecule has 0 fully saturated rings. The third kappa shape index (κ3) is 11.8. The first-order valence-corrected chi connectivity index (χ1v) is 5.62. The maximum atomic E-state index is 3.39. The lowest BCUT2D eigenvalue weighted by molar-refractivity contribution is 0.572. The van der Waals surface area contributed by atoms with E-state index in [2.05, 4.69) is 21.3 Å². The zero-order chi connectivity index (χ0) is 10.5. The first-order chi connectivity index (χ1) is 6.91. The van der Waals surface area contributed by atoms with Crippen LogP contribution in [0.2, 0.25) is 0 Å². The minimum absolute atomic E-state index is 1.07. The van der Waals surface area contributed by atoms with E-state index in [0.717, 1.165) is 39.3 Å². The van der Waals surface area contributed by atoms with Crippen molar-refractivity contribution < 1.29 is 0 Å². The fourth-order valence-corrected chi connectivity index (χ4v) is 1.21. The van der Waals surface area contributed by atoms with E-state index in [0.29, 0.717) is 0 Å². The van der Waals surface area contributed by atoms with Crippen LogP contribution in [0.4, 0.5) is 0 Å². The fraction of sp³-hybridized carbons (Fsp3) is 1.00. The molecule has 4 heteroatoms. The third-order valence-corrected chi connectivity index (χ3v) is 2.04. The van der Waals surface area contributed by atoms with E-state index in [1.54, 1.807) is 0 Å². The van der Waals surface area contributed by atoms with Crippen LogP contribution in [-0.4, -0.2) is 53.4 Å². The molecule has 0 atom stereocenters. The fourth-order valence-electron chi connectivity index (χ4n) is 1.21. The Labute approximate surface area is 88.2 Å². The monoisotopic (exact) mass is 202 g/mol. The van der Waals surface area contributed by atoms with Crippen LogP contribution in [0.15, 0.2) is 0 Å². The molecule has 0 spiro atoms. The normalized spacial score (nSPS) is 10.7. The highest BCUT2D eigenvalue weighted by Gasteiger charge is 1.88. The summed E-state index contributed by atoms with van der Waals surface area (Å²) in [5, 5.41) is 13.0. The van der Waals surface area contributed by atoms with Crippen molar-refractivity contribution in [1.82, 2.24) is 21.3 Å². The van der Waals surface area contributed by atoms with E-state index in [4.69, 9.17) is 0 Å². The Morgan fingerprint density at radius 1 is 0.571 bits per heavy atom. The molecule has 0 aliphatic heterocycles. The Morgan fingerprint density at radius 2 is 1.00 bits per heavy atom. The van der Waals surface area contributed by atoms with Crippen molar-refractivity contribution in [3.63, 3.8) is 0 Å². The van der Waals surface area contributed by atoms with E-state index in [9.17, 15) is 0 Å². The summed E-state index contributed by atoms with van der Waals surface area (Å²) in [5.41, 5.74) is 0. The Hall–Kier alpha value is -0.160. The van der Waals surface area contributed by atoms with Gasteiger partial charge in [0.1, 0.15) is 0 Å². The summed E-state index contributed by atoms with van der Waals surface area (Å²) in [4.78, 5) is 0. The van der Waals surface area contributed by atoms with E-state index in [1.165, 1.54) is 12.8 Å². The summed E-state index contributed by atoms with van der Waals surface area (Å²) in [5.74, 6) is 0. The summed E-state index contributed by atoms with van der Waals surface area (Å²) < 4.78 is 0. The van der Waals surface area contributed by atoms with Gasteiger partial charge >= 0.3 is 0 Å². The molecule has 0 aromatic heterocycles. The van der Waals surface area contributed by atoms with Crippen LogP contribution >= 0.6 is 0 Å². The molecule has 86 valence electrons. The van der Waals surface area contributed by atoms with E-state index in [1.807, 2.05) is 14.1 Å². The summed E-state index contributed by atoms with van der Waals surface area (Å²) in [6, 6.07) is 0. The highest BCUT2D eigenvalue weighted by Crippen LogP contribution is 1.72. The van der Waals surface area contributed by atoms with Gasteiger partial charge in [-0.3, -0.25) is 0 Å². The number of rotatable bonds is 11. The molecular formula is C10H26N4. The third-order valence-electron chi connectivity index (χ3n) is 2.04. The smallest absolute Gasteiger partial charge is 0.00767 e. The minimum atomic E-state index is 1.07. The molecule has 0 heterocycles. The molecule has 0 rings (SSSR count). The Bertz CT molecular complexity index is 86.1. The molecule has 0 amide bonds. The summed E-state index contributed by atoms with van der Waals surface area (Å²) >= 11 is 0. The van der Waals surface area contributed by atoms with Crippen molar-refractivity contribution in [2.24, 2.45) is 0 Å². The van der Waals surface area contributed by atoms with Crippen LogP contribution < -0.4 is 21.3 Å². The molecule has 0 unspecified atom stereocenters. The lowest BCUT2D eigenvalue weighted by atomic mass is 10.4. The van der Waals surface area contributed by atoms with Crippen LogP contribution in [0.1, 0.15) is 12.8 Å². The first-order valence-electron chi connectivity index (χ1n) is 5.62. The van der Waals surface area contributed by atoms with E-state index in [-0.39, 0.29) is 0 Å². The molecule has 0 bridgehead atoms. The molecule has 0 aromatic rings. The van der Waals surface area contributed by atoms with Crippen molar-refractivity contribution in [2.45, 2.75) is 12.8 Å². The molecular weight excluding hydrogens is 176 g/mol. The number of hydrogen-bond acceptors (Lipinski definition) is 4. The standard InChI is InChI=1S/C10H26N4/c1-11-5-3-7-13-9-10-14-8-4-6-12-2/h11-14H,3-10H2,1-2H3. The molecule has 0 aromatic carbocycles. The number of hydrogen-bond donors (Lipinski definition) is 4. The quantitative estimate of drug-likeness (QED) is 0.338. The largest absolute Gasteiger partial charge is 0.320 e. The Morgan fingerprint density at radius 3 is 1.36 bits per heavy atom. The second-order valence-corrected chi connectivity index (χ2v) is 3.41. The molecule has 0 aliphatic carbocycles. The average Bonchev–Trinajstić information content (AvgIpc) is 2.21. The SMILES string of the molecule is CNCCCNCCNCCCNC. The topological polar surface area (TPSA) is 48.1 Å². The van der Waals surface area contributed by atoms with Crippen molar-refractivity contribution in [2.75, 3.05) is 53.4 Å². The highest BCUT2D eigenvalue weighted by atomic mass is 14.9. The molecule has 14 heavy (non-hydrogen) atoms. The Balaban J connectivity index is 2.78. The van der Waals surface area contributed by atoms with E-state index >= 15 is 0 Å². The second kappa shape index (κ2) is 12.8. The lowest BCUT2D eigenvalue weighted by Gasteiger charge is -2.06.